The highest BCUT2D eigenvalue weighted by Gasteiger charge is 2.34. The molecule has 10 heteroatoms. The molecule has 1 atom stereocenters. The van der Waals surface area contributed by atoms with Gasteiger partial charge in [-0.2, -0.15) is 0 Å². The quantitative estimate of drug-likeness (QED) is 0.244. The lowest BCUT2D eigenvalue weighted by molar-refractivity contribution is -0.140. The maximum atomic E-state index is 14.1. The van der Waals surface area contributed by atoms with Gasteiger partial charge < -0.3 is 15.0 Å². The Kier molecular flexibility index (Phi) is 11.6. The van der Waals surface area contributed by atoms with Crippen molar-refractivity contribution in [2.45, 2.75) is 57.5 Å². The Balaban J connectivity index is 2.06. The number of rotatable bonds is 14. The maximum Gasteiger partial charge on any atom is 0.264 e. The number of benzene rings is 3. The summed E-state index contributed by atoms with van der Waals surface area (Å²) in [5.74, 6) is -0.398. The van der Waals surface area contributed by atoms with Gasteiger partial charge in [0.25, 0.3) is 10.0 Å². The van der Waals surface area contributed by atoms with Crippen molar-refractivity contribution < 1.29 is 22.7 Å². The summed E-state index contributed by atoms with van der Waals surface area (Å²) in [4.78, 5) is 28.9. The largest absolute Gasteiger partial charge is 0.497 e. The summed E-state index contributed by atoms with van der Waals surface area (Å²) < 4.78 is 34.3. The molecule has 0 saturated carbocycles. The van der Waals surface area contributed by atoms with Crippen molar-refractivity contribution in [3.8, 4) is 5.75 Å². The first kappa shape index (κ1) is 32.0. The van der Waals surface area contributed by atoms with Crippen LogP contribution in [-0.4, -0.2) is 51.4 Å². The molecule has 0 aliphatic rings. The van der Waals surface area contributed by atoms with Gasteiger partial charge in [0.2, 0.25) is 11.8 Å². The fourth-order valence-electron chi connectivity index (χ4n) is 4.37. The highest BCUT2D eigenvalue weighted by Crippen LogP contribution is 2.28. The van der Waals surface area contributed by atoms with E-state index in [0.29, 0.717) is 29.3 Å². The van der Waals surface area contributed by atoms with Crippen molar-refractivity contribution in [2.24, 2.45) is 0 Å². The predicted molar refractivity (Wildman–Crippen MR) is 163 cm³/mol. The van der Waals surface area contributed by atoms with E-state index in [1.54, 1.807) is 60.7 Å². The standard InChI is InChI=1S/C31H38ClN3O5S/c1-5-7-19-33-31(37)29(6-2)34(21-24-11-8-9-14-28(24)32)30(36)22-35(25-12-10-13-26(20-25)40-4)41(38,39)27-17-15-23(3)16-18-27/h8-18,20,29H,5-7,19,21-22H2,1-4H3,(H,33,37)/t29-/m1/s1. The van der Waals surface area contributed by atoms with Crippen LogP contribution in [0.3, 0.4) is 0 Å². The monoisotopic (exact) mass is 599 g/mol. The number of amides is 2. The third-order valence-electron chi connectivity index (χ3n) is 6.74. The minimum absolute atomic E-state index is 0.0364. The van der Waals surface area contributed by atoms with E-state index in [4.69, 9.17) is 16.3 Å². The van der Waals surface area contributed by atoms with Crippen LogP contribution in [0.5, 0.6) is 5.75 Å². The summed E-state index contributed by atoms with van der Waals surface area (Å²) in [6.07, 6.45) is 2.04. The molecular weight excluding hydrogens is 562 g/mol. The molecule has 2 amide bonds. The fraction of sp³-hybridized carbons (Fsp3) is 0.355. The van der Waals surface area contributed by atoms with Crippen LogP contribution < -0.4 is 14.4 Å². The van der Waals surface area contributed by atoms with Crippen molar-refractivity contribution in [3.05, 3.63) is 88.9 Å². The molecule has 8 nitrogen and oxygen atoms in total. The number of hydrogen-bond donors (Lipinski definition) is 1. The average molecular weight is 600 g/mol. The highest BCUT2D eigenvalue weighted by molar-refractivity contribution is 7.92. The number of methoxy groups -OCH3 is 1. The van der Waals surface area contributed by atoms with Gasteiger partial charge in [-0.3, -0.25) is 13.9 Å². The van der Waals surface area contributed by atoms with Gasteiger partial charge in [-0.15, -0.1) is 0 Å². The number of anilines is 1. The number of nitrogens with one attached hydrogen (secondary N) is 1. The molecule has 0 saturated heterocycles. The molecule has 0 aliphatic carbocycles. The molecule has 1 N–H and O–H groups in total. The lowest BCUT2D eigenvalue weighted by Gasteiger charge is -2.33. The van der Waals surface area contributed by atoms with Crippen molar-refractivity contribution in [1.29, 1.82) is 0 Å². The molecule has 0 spiro atoms. The van der Waals surface area contributed by atoms with E-state index < -0.39 is 28.5 Å². The van der Waals surface area contributed by atoms with Gasteiger partial charge in [0.1, 0.15) is 18.3 Å². The summed E-state index contributed by atoms with van der Waals surface area (Å²) >= 11 is 6.44. The molecule has 41 heavy (non-hydrogen) atoms. The summed E-state index contributed by atoms with van der Waals surface area (Å²) in [6, 6.07) is 19.2. The normalized spacial score (nSPS) is 11.9. The summed E-state index contributed by atoms with van der Waals surface area (Å²) in [6.45, 7) is 5.69. The zero-order valence-electron chi connectivity index (χ0n) is 24.0. The van der Waals surface area contributed by atoms with Crippen molar-refractivity contribution in [1.82, 2.24) is 10.2 Å². The first-order valence-electron chi connectivity index (χ1n) is 13.7. The van der Waals surface area contributed by atoms with Gasteiger partial charge in [-0.1, -0.05) is 73.8 Å². The molecular formula is C31H38ClN3O5S. The Hall–Kier alpha value is -3.56. The Labute approximate surface area is 248 Å². The summed E-state index contributed by atoms with van der Waals surface area (Å²) in [5, 5.41) is 3.37. The van der Waals surface area contributed by atoms with Gasteiger partial charge >= 0.3 is 0 Å². The Morgan fingerprint density at radius 2 is 1.71 bits per heavy atom. The third kappa shape index (κ3) is 8.24. The number of nitrogens with zero attached hydrogens (tertiary/aromatic N) is 2. The molecule has 220 valence electrons. The van der Waals surface area contributed by atoms with Crippen LogP contribution in [-0.2, 0) is 26.2 Å². The van der Waals surface area contributed by atoms with Gasteiger partial charge in [-0.05, 0) is 55.7 Å². The number of unbranched alkanes of at least 4 members (excludes halogenated alkanes) is 1. The highest BCUT2D eigenvalue weighted by atomic mass is 35.5. The van der Waals surface area contributed by atoms with E-state index in [1.165, 1.54) is 24.1 Å². The van der Waals surface area contributed by atoms with Crippen LogP contribution in [0.4, 0.5) is 5.69 Å². The Bertz CT molecular complexity index is 1430. The molecule has 0 unspecified atom stereocenters. The average Bonchev–Trinajstić information content (AvgIpc) is 2.97. The van der Waals surface area contributed by atoms with E-state index >= 15 is 0 Å². The molecule has 0 aliphatic heterocycles. The molecule has 3 aromatic rings. The van der Waals surface area contributed by atoms with Crippen LogP contribution in [0.2, 0.25) is 5.02 Å². The Morgan fingerprint density at radius 3 is 2.34 bits per heavy atom. The van der Waals surface area contributed by atoms with E-state index in [9.17, 15) is 18.0 Å². The zero-order chi connectivity index (χ0) is 30.0. The van der Waals surface area contributed by atoms with E-state index in [2.05, 4.69) is 5.32 Å². The molecule has 0 fully saturated rings. The Morgan fingerprint density at radius 1 is 1.00 bits per heavy atom. The van der Waals surface area contributed by atoms with E-state index in [1.807, 2.05) is 20.8 Å². The molecule has 0 radical (unpaired) electrons. The molecule has 3 aromatic carbocycles. The van der Waals surface area contributed by atoms with Crippen LogP contribution >= 0.6 is 11.6 Å². The second-order valence-corrected chi connectivity index (χ2v) is 12.0. The van der Waals surface area contributed by atoms with Crippen molar-refractivity contribution in [2.75, 3.05) is 24.5 Å². The molecule has 0 aromatic heterocycles. The first-order valence-corrected chi connectivity index (χ1v) is 15.5. The molecule has 0 heterocycles. The fourth-order valence-corrected chi connectivity index (χ4v) is 5.97. The number of sulfonamides is 1. The van der Waals surface area contributed by atoms with Gasteiger partial charge in [0, 0.05) is 24.2 Å². The van der Waals surface area contributed by atoms with Crippen LogP contribution in [0.25, 0.3) is 0 Å². The van der Waals surface area contributed by atoms with E-state index in [-0.39, 0.29) is 23.0 Å². The number of carbonyl (C=O) groups excluding carboxylic acids is 2. The minimum atomic E-state index is -4.17. The number of carbonyl (C=O) groups is 2. The second-order valence-electron chi connectivity index (χ2n) is 9.71. The predicted octanol–water partition coefficient (Wildman–Crippen LogP) is 5.58. The summed E-state index contributed by atoms with van der Waals surface area (Å²) in [7, 11) is -2.69. The summed E-state index contributed by atoms with van der Waals surface area (Å²) in [5.41, 5.74) is 1.81. The van der Waals surface area contributed by atoms with Crippen LogP contribution in [0.15, 0.2) is 77.7 Å². The topological polar surface area (TPSA) is 96.0 Å². The zero-order valence-corrected chi connectivity index (χ0v) is 25.5. The lowest BCUT2D eigenvalue weighted by atomic mass is 10.1. The smallest absolute Gasteiger partial charge is 0.264 e. The number of aryl methyl sites for hydroxylation is 1. The third-order valence-corrected chi connectivity index (χ3v) is 8.90. The number of ether oxygens (including phenoxy) is 1. The second kappa shape index (κ2) is 14.9. The van der Waals surface area contributed by atoms with Crippen molar-refractivity contribution in [3.63, 3.8) is 0 Å². The van der Waals surface area contributed by atoms with E-state index in [0.717, 1.165) is 22.7 Å². The first-order chi connectivity index (χ1) is 19.6. The van der Waals surface area contributed by atoms with Gasteiger partial charge in [-0.25, -0.2) is 8.42 Å². The minimum Gasteiger partial charge on any atom is -0.497 e. The lowest BCUT2D eigenvalue weighted by Crippen LogP contribution is -2.52. The maximum absolute atomic E-state index is 14.1. The van der Waals surface area contributed by atoms with Crippen molar-refractivity contribution >= 4 is 39.1 Å². The van der Waals surface area contributed by atoms with Gasteiger partial charge in [0.15, 0.2) is 0 Å². The number of hydrogen-bond acceptors (Lipinski definition) is 5. The SMILES string of the molecule is CCCCNC(=O)[C@@H](CC)N(Cc1ccccc1Cl)C(=O)CN(c1cccc(OC)c1)S(=O)(=O)c1ccc(C)cc1. The molecule has 3 rings (SSSR count). The van der Waals surface area contributed by atoms with Crippen LogP contribution in [0.1, 0.15) is 44.2 Å². The van der Waals surface area contributed by atoms with Crippen LogP contribution in [0, 0.1) is 6.92 Å². The number of halogens is 1. The molecule has 0 bridgehead atoms. The van der Waals surface area contributed by atoms with Gasteiger partial charge in [0.05, 0.1) is 17.7 Å².